The Morgan fingerprint density at radius 1 is 1.47 bits per heavy atom. The van der Waals surface area contributed by atoms with Crippen LogP contribution in [0.2, 0.25) is 0 Å². The quantitative estimate of drug-likeness (QED) is 0.260. The Morgan fingerprint density at radius 2 is 2.21 bits per heavy atom. The van der Waals surface area contributed by atoms with E-state index in [-0.39, 0.29) is 11.7 Å². The van der Waals surface area contributed by atoms with Crippen LogP contribution in [0.5, 0.6) is 5.75 Å². The van der Waals surface area contributed by atoms with E-state index in [0.29, 0.717) is 4.91 Å². The van der Waals surface area contributed by atoms with Crippen LogP contribution < -0.4 is 10.1 Å². The summed E-state index contributed by atoms with van der Waals surface area (Å²) in [4.78, 5) is 11.1. The lowest BCUT2D eigenvalue weighted by Crippen LogP contribution is -2.27. The number of amides is 1. The second-order valence-electron chi connectivity index (χ2n) is 3.87. The molecule has 0 heterocycles. The molecule has 0 unspecified atom stereocenters. The lowest BCUT2D eigenvalue weighted by Gasteiger charge is -2.02. The minimum Gasteiger partial charge on any atom is -0.465 e. The number of amidine groups is 1. The van der Waals surface area contributed by atoms with E-state index < -0.39 is 0 Å². The van der Waals surface area contributed by atoms with Crippen LogP contribution in [-0.4, -0.2) is 11.7 Å². The van der Waals surface area contributed by atoms with Gasteiger partial charge in [0, 0.05) is 11.8 Å². The first-order valence-corrected chi connectivity index (χ1v) is 6.09. The van der Waals surface area contributed by atoms with Crippen molar-refractivity contribution in [2.75, 3.05) is 0 Å². The van der Waals surface area contributed by atoms with Gasteiger partial charge in [0.1, 0.15) is 11.6 Å². The summed E-state index contributed by atoms with van der Waals surface area (Å²) in [6.07, 6.45) is 4.67. The number of carbonyl (C=O) groups excluding carboxylic acids is 1. The van der Waals surface area contributed by atoms with Crippen molar-refractivity contribution in [3.63, 3.8) is 0 Å². The van der Waals surface area contributed by atoms with Gasteiger partial charge in [-0.25, -0.2) is 0 Å². The van der Waals surface area contributed by atoms with E-state index in [1.165, 1.54) is 13.2 Å². The van der Waals surface area contributed by atoms with Gasteiger partial charge in [0.15, 0.2) is 0 Å². The summed E-state index contributed by atoms with van der Waals surface area (Å²) in [7, 11) is 0. The van der Waals surface area contributed by atoms with Crippen LogP contribution in [-0.2, 0) is 4.79 Å². The number of carbonyl (C=O) groups is 1. The van der Waals surface area contributed by atoms with Gasteiger partial charge >= 0.3 is 0 Å². The second kappa shape index (κ2) is 7.43. The zero-order valence-corrected chi connectivity index (χ0v) is 11.7. The summed E-state index contributed by atoms with van der Waals surface area (Å²) < 4.78 is 5.38. The third-order valence-corrected chi connectivity index (χ3v) is 2.46. The molecule has 0 aliphatic heterocycles. The monoisotopic (exact) mass is 276 g/mol. The molecule has 2 N–H and O–H groups in total. The lowest BCUT2D eigenvalue weighted by atomic mass is 10.2. The molecule has 1 aromatic carbocycles. The van der Waals surface area contributed by atoms with Gasteiger partial charge < -0.3 is 10.1 Å². The molecule has 0 bridgehead atoms. The molecule has 0 radical (unpaired) electrons. The molecule has 100 valence electrons. The van der Waals surface area contributed by atoms with E-state index in [0.717, 1.165) is 11.3 Å². The molecule has 4 nitrogen and oxygen atoms in total. The predicted octanol–water partition coefficient (Wildman–Crippen LogP) is 2.81. The highest BCUT2D eigenvalue weighted by molar-refractivity contribution is 7.85. The first kappa shape index (κ1) is 15.0. The van der Waals surface area contributed by atoms with Crippen molar-refractivity contribution in [2.24, 2.45) is 0 Å². The van der Waals surface area contributed by atoms with Crippen molar-refractivity contribution >= 4 is 24.4 Å². The molecule has 0 spiro atoms. The summed E-state index contributed by atoms with van der Waals surface area (Å²) in [6.45, 7) is 3.32. The maximum Gasteiger partial charge on any atom is 0.222 e. The third-order valence-electron chi connectivity index (χ3n) is 2.08. The highest BCUT2D eigenvalue weighted by Crippen LogP contribution is 2.12. The van der Waals surface area contributed by atoms with Gasteiger partial charge in [-0.1, -0.05) is 12.1 Å². The molecule has 0 fully saturated rings. The van der Waals surface area contributed by atoms with E-state index in [4.69, 9.17) is 10.1 Å². The Bertz CT molecular complexity index is 536. The number of thiol groups is 1. The van der Waals surface area contributed by atoms with Gasteiger partial charge in [-0.2, -0.15) is 0 Å². The summed E-state index contributed by atoms with van der Waals surface area (Å²) in [5.41, 5.74) is 1.11. The number of hydrogen-bond acceptors (Lipinski definition) is 4. The topological polar surface area (TPSA) is 62.2 Å². The maximum atomic E-state index is 10.7. The average Bonchev–Trinajstić information content (AvgIpc) is 2.33. The van der Waals surface area contributed by atoms with Crippen molar-refractivity contribution < 1.29 is 9.53 Å². The Labute approximate surface area is 118 Å². The molecule has 1 amide bonds. The summed E-state index contributed by atoms with van der Waals surface area (Å²) in [5, 5.41) is 9.84. The van der Waals surface area contributed by atoms with Crippen molar-refractivity contribution in [1.29, 1.82) is 5.41 Å². The number of hydrogen-bond donors (Lipinski definition) is 3. The van der Waals surface area contributed by atoms with Gasteiger partial charge in [0.05, 0.1) is 6.26 Å². The first-order chi connectivity index (χ1) is 8.99. The second-order valence-corrected chi connectivity index (χ2v) is 4.35. The van der Waals surface area contributed by atoms with Crippen LogP contribution >= 0.6 is 12.6 Å². The van der Waals surface area contributed by atoms with Crippen molar-refractivity contribution in [2.45, 2.75) is 13.8 Å². The molecule has 1 rings (SSSR count). The van der Waals surface area contributed by atoms with E-state index in [2.05, 4.69) is 17.9 Å². The van der Waals surface area contributed by atoms with Crippen LogP contribution in [0.3, 0.4) is 0 Å². The molecule has 0 aromatic heterocycles. The largest absolute Gasteiger partial charge is 0.465 e. The Kier molecular flexibility index (Phi) is 5.89. The Hall–Kier alpha value is -2.01. The van der Waals surface area contributed by atoms with Crippen LogP contribution in [0.15, 0.2) is 47.6 Å². The fourth-order valence-electron chi connectivity index (χ4n) is 1.26. The standard InChI is InChI=1S/C14H16N2O2S/c1-10-5-3-6-12(9-10)18-8-4-7-13(19)14(15)16-11(2)17/h3-9,19H,1-2H3,(H2,15,16,17)/b8-4+,13-7-. The van der Waals surface area contributed by atoms with Crippen LogP contribution in [0.25, 0.3) is 0 Å². The van der Waals surface area contributed by atoms with E-state index in [1.54, 1.807) is 12.2 Å². The van der Waals surface area contributed by atoms with Gasteiger partial charge in [0.2, 0.25) is 5.91 Å². The van der Waals surface area contributed by atoms with Crippen molar-refractivity contribution in [3.8, 4) is 5.75 Å². The van der Waals surface area contributed by atoms with E-state index in [1.807, 2.05) is 31.2 Å². The fourth-order valence-corrected chi connectivity index (χ4v) is 1.40. The third kappa shape index (κ3) is 5.92. The van der Waals surface area contributed by atoms with E-state index >= 15 is 0 Å². The molecule has 1 aromatic rings. The number of rotatable bonds is 4. The van der Waals surface area contributed by atoms with Gasteiger partial charge in [0.25, 0.3) is 0 Å². The molecule has 0 saturated carbocycles. The number of ether oxygens (including phenoxy) is 1. The van der Waals surface area contributed by atoms with Crippen LogP contribution in [0.1, 0.15) is 12.5 Å². The SMILES string of the molecule is CC(=O)NC(=N)/C(S)=C/C=C/Oc1cccc(C)c1. The smallest absolute Gasteiger partial charge is 0.222 e. The highest BCUT2D eigenvalue weighted by atomic mass is 32.1. The first-order valence-electron chi connectivity index (χ1n) is 5.64. The molecule has 0 atom stereocenters. The number of benzene rings is 1. The normalized spacial score (nSPS) is 11.4. The Balaban J connectivity index is 2.53. The lowest BCUT2D eigenvalue weighted by molar-refractivity contribution is -0.117. The van der Waals surface area contributed by atoms with Gasteiger partial charge in [-0.3, -0.25) is 10.2 Å². The minimum absolute atomic E-state index is 0.0453. The molecular formula is C14H16N2O2S. The molecule has 0 aliphatic carbocycles. The van der Waals surface area contributed by atoms with E-state index in [9.17, 15) is 4.79 Å². The average molecular weight is 276 g/mol. The van der Waals surface area contributed by atoms with Gasteiger partial charge in [-0.05, 0) is 36.8 Å². The number of allylic oxidation sites excluding steroid dienone is 2. The summed E-state index contributed by atoms with van der Waals surface area (Å²) in [6, 6.07) is 7.65. The molecular weight excluding hydrogens is 260 g/mol. The van der Waals surface area contributed by atoms with Crippen molar-refractivity contribution in [1.82, 2.24) is 5.32 Å². The Morgan fingerprint density at radius 3 is 2.84 bits per heavy atom. The molecule has 19 heavy (non-hydrogen) atoms. The predicted molar refractivity (Wildman–Crippen MR) is 79.6 cm³/mol. The number of aryl methyl sites for hydroxylation is 1. The highest BCUT2D eigenvalue weighted by Gasteiger charge is 2.00. The van der Waals surface area contributed by atoms with Gasteiger partial charge in [-0.15, -0.1) is 12.6 Å². The fraction of sp³-hybridized carbons (Fsp3) is 0.143. The summed E-state index contributed by atoms with van der Waals surface area (Å²) >= 11 is 4.09. The molecule has 0 aliphatic rings. The number of nitrogens with one attached hydrogen (secondary N) is 2. The zero-order valence-electron chi connectivity index (χ0n) is 10.8. The van der Waals surface area contributed by atoms with Crippen LogP contribution in [0, 0.1) is 12.3 Å². The zero-order chi connectivity index (χ0) is 14.3. The molecule has 5 heteroatoms. The van der Waals surface area contributed by atoms with Crippen LogP contribution in [0.4, 0.5) is 0 Å². The maximum absolute atomic E-state index is 10.7. The molecule has 0 saturated heterocycles. The van der Waals surface area contributed by atoms with Crippen molar-refractivity contribution in [3.05, 3.63) is 53.1 Å². The minimum atomic E-state index is -0.301. The summed E-state index contributed by atoms with van der Waals surface area (Å²) in [5.74, 6) is 0.392.